The van der Waals surface area contributed by atoms with Crippen molar-refractivity contribution in [1.29, 1.82) is 0 Å². The van der Waals surface area contributed by atoms with Crippen molar-refractivity contribution in [2.75, 3.05) is 6.54 Å². The number of H-pyrrole nitrogens is 1. The van der Waals surface area contributed by atoms with Gasteiger partial charge in [0.05, 0.1) is 6.10 Å². The van der Waals surface area contributed by atoms with Crippen LogP contribution in [-0.4, -0.2) is 33.2 Å². The van der Waals surface area contributed by atoms with Crippen LogP contribution in [0.25, 0.3) is 11.3 Å². The first kappa shape index (κ1) is 13.3. The van der Waals surface area contributed by atoms with Crippen molar-refractivity contribution in [2.45, 2.75) is 31.9 Å². The van der Waals surface area contributed by atoms with Gasteiger partial charge in [0.1, 0.15) is 11.4 Å². The number of benzene rings is 1. The Balaban J connectivity index is 1.60. The molecule has 3 N–H and O–H groups in total. The molecule has 106 valence electrons. The molecule has 1 saturated carbocycles. The molecule has 5 nitrogen and oxygen atoms in total. The summed E-state index contributed by atoms with van der Waals surface area (Å²) in [6.45, 7) is 1.51. The molecule has 1 aliphatic carbocycles. The van der Waals surface area contributed by atoms with Crippen molar-refractivity contribution in [1.82, 2.24) is 20.7 Å². The Morgan fingerprint density at radius 1 is 1.20 bits per heavy atom. The molecule has 1 aromatic heterocycles. The van der Waals surface area contributed by atoms with E-state index in [4.69, 9.17) is 0 Å². The van der Waals surface area contributed by atoms with Gasteiger partial charge in [-0.05, 0) is 18.8 Å². The van der Waals surface area contributed by atoms with E-state index >= 15 is 0 Å². The highest BCUT2D eigenvalue weighted by Crippen LogP contribution is 2.25. The largest absolute Gasteiger partial charge is 0.393 e. The average molecular weight is 272 g/mol. The fraction of sp³-hybridized carbons (Fsp3) is 0.467. The second kappa shape index (κ2) is 6.15. The van der Waals surface area contributed by atoms with E-state index in [0.717, 1.165) is 42.8 Å². The second-order valence-corrected chi connectivity index (χ2v) is 5.37. The zero-order valence-corrected chi connectivity index (χ0v) is 11.4. The smallest absolute Gasteiger partial charge is 0.117 e. The summed E-state index contributed by atoms with van der Waals surface area (Å²) >= 11 is 0. The van der Waals surface area contributed by atoms with E-state index in [1.54, 1.807) is 0 Å². The van der Waals surface area contributed by atoms with Crippen LogP contribution in [0.4, 0.5) is 0 Å². The first-order chi connectivity index (χ1) is 9.84. The third kappa shape index (κ3) is 2.89. The van der Waals surface area contributed by atoms with Gasteiger partial charge in [0.15, 0.2) is 0 Å². The summed E-state index contributed by atoms with van der Waals surface area (Å²) in [4.78, 5) is 0. The lowest BCUT2D eigenvalue weighted by Gasteiger charge is -2.14. The van der Waals surface area contributed by atoms with Gasteiger partial charge < -0.3 is 10.4 Å². The standard InChI is InChI=1S/C15H20N4O/c20-14-8-4-7-12(14)9-16-10-13-15(18-19-17-13)11-5-2-1-3-6-11/h1-3,5-6,12,14,16,20H,4,7-10H2,(H,17,18,19). The van der Waals surface area contributed by atoms with E-state index in [0.29, 0.717) is 12.5 Å². The maximum Gasteiger partial charge on any atom is 0.117 e. The summed E-state index contributed by atoms with van der Waals surface area (Å²) in [6.07, 6.45) is 3.03. The lowest BCUT2D eigenvalue weighted by Crippen LogP contribution is -2.27. The summed E-state index contributed by atoms with van der Waals surface area (Å²) < 4.78 is 0. The Morgan fingerprint density at radius 2 is 2.05 bits per heavy atom. The van der Waals surface area contributed by atoms with Gasteiger partial charge in [-0.2, -0.15) is 15.4 Å². The minimum Gasteiger partial charge on any atom is -0.393 e. The first-order valence-electron chi connectivity index (χ1n) is 7.18. The number of aliphatic hydroxyl groups is 1. The van der Waals surface area contributed by atoms with Gasteiger partial charge in [-0.3, -0.25) is 0 Å². The fourth-order valence-corrected chi connectivity index (χ4v) is 2.83. The summed E-state index contributed by atoms with van der Waals surface area (Å²) in [6, 6.07) is 10.0. The maximum atomic E-state index is 9.80. The molecule has 2 atom stereocenters. The third-order valence-corrected chi connectivity index (χ3v) is 3.99. The van der Waals surface area contributed by atoms with Crippen molar-refractivity contribution < 1.29 is 5.11 Å². The van der Waals surface area contributed by atoms with Crippen LogP contribution in [0.2, 0.25) is 0 Å². The first-order valence-corrected chi connectivity index (χ1v) is 7.18. The van der Waals surface area contributed by atoms with Crippen LogP contribution in [-0.2, 0) is 6.54 Å². The molecule has 1 aliphatic rings. The summed E-state index contributed by atoms with van der Waals surface area (Å²) in [7, 11) is 0. The van der Waals surface area contributed by atoms with Crippen LogP contribution in [0.1, 0.15) is 25.0 Å². The van der Waals surface area contributed by atoms with Gasteiger partial charge in [0.2, 0.25) is 0 Å². The molecule has 0 spiro atoms. The minimum absolute atomic E-state index is 0.145. The molecule has 3 rings (SSSR count). The molecule has 5 heteroatoms. The average Bonchev–Trinajstić information content (AvgIpc) is 3.10. The lowest BCUT2D eigenvalue weighted by atomic mass is 10.1. The molecular formula is C15H20N4O. The highest BCUT2D eigenvalue weighted by molar-refractivity contribution is 5.60. The monoisotopic (exact) mass is 272 g/mol. The van der Waals surface area contributed by atoms with Crippen LogP contribution >= 0.6 is 0 Å². The second-order valence-electron chi connectivity index (χ2n) is 5.37. The molecule has 1 aromatic carbocycles. The van der Waals surface area contributed by atoms with Gasteiger partial charge in [0, 0.05) is 18.7 Å². The highest BCUT2D eigenvalue weighted by Gasteiger charge is 2.24. The number of aliphatic hydroxyl groups excluding tert-OH is 1. The zero-order chi connectivity index (χ0) is 13.8. The Kier molecular flexibility index (Phi) is 4.08. The van der Waals surface area contributed by atoms with E-state index in [1.165, 1.54) is 0 Å². The predicted octanol–water partition coefficient (Wildman–Crippen LogP) is 1.72. The number of aromatic amines is 1. The number of hydrogen-bond donors (Lipinski definition) is 3. The third-order valence-electron chi connectivity index (χ3n) is 3.99. The summed E-state index contributed by atoms with van der Waals surface area (Å²) in [5.74, 6) is 0.377. The number of nitrogens with zero attached hydrogens (tertiary/aromatic N) is 2. The lowest BCUT2D eigenvalue weighted by molar-refractivity contribution is 0.131. The van der Waals surface area contributed by atoms with Crippen molar-refractivity contribution in [3.63, 3.8) is 0 Å². The minimum atomic E-state index is -0.145. The van der Waals surface area contributed by atoms with E-state index in [-0.39, 0.29) is 6.10 Å². The topological polar surface area (TPSA) is 73.8 Å². The molecule has 0 aliphatic heterocycles. The quantitative estimate of drug-likeness (QED) is 0.775. The van der Waals surface area contributed by atoms with Gasteiger partial charge in [0.25, 0.3) is 0 Å². The predicted molar refractivity (Wildman–Crippen MR) is 76.9 cm³/mol. The van der Waals surface area contributed by atoms with Crippen LogP contribution in [0.15, 0.2) is 30.3 Å². The van der Waals surface area contributed by atoms with Crippen molar-refractivity contribution in [2.24, 2.45) is 5.92 Å². The van der Waals surface area contributed by atoms with E-state index in [2.05, 4.69) is 20.7 Å². The van der Waals surface area contributed by atoms with Crippen LogP contribution in [0.3, 0.4) is 0 Å². The molecular weight excluding hydrogens is 252 g/mol. The van der Waals surface area contributed by atoms with E-state index in [1.807, 2.05) is 30.3 Å². The van der Waals surface area contributed by atoms with Crippen molar-refractivity contribution >= 4 is 0 Å². The van der Waals surface area contributed by atoms with Crippen LogP contribution in [0, 0.1) is 5.92 Å². The van der Waals surface area contributed by atoms with Crippen LogP contribution < -0.4 is 5.32 Å². The fourth-order valence-electron chi connectivity index (χ4n) is 2.83. The number of nitrogens with one attached hydrogen (secondary N) is 2. The van der Waals surface area contributed by atoms with Crippen molar-refractivity contribution in [3.8, 4) is 11.3 Å². The van der Waals surface area contributed by atoms with E-state index in [9.17, 15) is 5.11 Å². The van der Waals surface area contributed by atoms with Gasteiger partial charge in [-0.25, -0.2) is 0 Å². The maximum absolute atomic E-state index is 9.80. The molecule has 0 saturated heterocycles. The number of rotatable bonds is 5. The van der Waals surface area contributed by atoms with Gasteiger partial charge in [-0.15, -0.1) is 0 Å². The highest BCUT2D eigenvalue weighted by atomic mass is 16.3. The normalized spacial score (nSPS) is 22.2. The molecule has 2 unspecified atom stereocenters. The number of aromatic nitrogens is 3. The summed E-state index contributed by atoms with van der Waals surface area (Å²) in [5, 5.41) is 24.3. The van der Waals surface area contributed by atoms with Crippen molar-refractivity contribution in [3.05, 3.63) is 36.0 Å². The molecule has 20 heavy (non-hydrogen) atoms. The Labute approximate surface area is 118 Å². The molecule has 0 radical (unpaired) electrons. The number of hydrogen-bond acceptors (Lipinski definition) is 4. The zero-order valence-electron chi connectivity index (χ0n) is 11.4. The molecule has 0 amide bonds. The molecule has 0 bridgehead atoms. The molecule has 1 heterocycles. The van der Waals surface area contributed by atoms with Gasteiger partial charge >= 0.3 is 0 Å². The Hall–Kier alpha value is -1.72. The molecule has 2 aromatic rings. The van der Waals surface area contributed by atoms with E-state index < -0.39 is 0 Å². The summed E-state index contributed by atoms with van der Waals surface area (Å²) in [5.41, 5.74) is 2.88. The SMILES string of the molecule is OC1CCCC1CNCc1n[nH]nc1-c1ccccc1. The van der Waals surface area contributed by atoms with Crippen LogP contribution in [0.5, 0.6) is 0 Å². The van der Waals surface area contributed by atoms with Gasteiger partial charge in [-0.1, -0.05) is 36.8 Å². The Bertz CT molecular complexity index is 540. The molecule has 1 fully saturated rings. The Morgan fingerprint density at radius 3 is 2.80 bits per heavy atom.